The number of likely N-dealkylation sites (N-methyl/N-ethyl adjacent to an activating group) is 1. The van der Waals surface area contributed by atoms with Crippen molar-refractivity contribution >= 4 is 11.4 Å². The van der Waals surface area contributed by atoms with Crippen LogP contribution in [0, 0.1) is 10.1 Å². The van der Waals surface area contributed by atoms with Crippen molar-refractivity contribution in [1.29, 1.82) is 0 Å². The van der Waals surface area contributed by atoms with Crippen molar-refractivity contribution in [1.82, 2.24) is 4.90 Å². The highest BCUT2D eigenvalue weighted by Crippen LogP contribution is 2.25. The average Bonchev–Trinajstić information content (AvgIpc) is 2.38. The van der Waals surface area contributed by atoms with Crippen molar-refractivity contribution in [2.75, 3.05) is 31.6 Å². The van der Waals surface area contributed by atoms with E-state index in [1.807, 2.05) is 19.9 Å². The molecule has 1 aromatic carbocycles. The minimum atomic E-state index is -0.382. The van der Waals surface area contributed by atoms with Gasteiger partial charge >= 0.3 is 0 Å². The summed E-state index contributed by atoms with van der Waals surface area (Å²) < 4.78 is 0. The maximum absolute atomic E-state index is 10.9. The van der Waals surface area contributed by atoms with E-state index in [4.69, 9.17) is 5.11 Å². The van der Waals surface area contributed by atoms with Gasteiger partial charge in [0.15, 0.2) is 0 Å². The normalized spacial score (nSPS) is 10.7. The molecule has 6 nitrogen and oxygen atoms in total. The van der Waals surface area contributed by atoms with Crippen LogP contribution in [-0.4, -0.2) is 41.2 Å². The molecule has 0 amide bonds. The number of anilines is 1. The Labute approximate surface area is 113 Å². The molecule has 0 radical (unpaired) electrons. The van der Waals surface area contributed by atoms with Crippen LogP contribution in [0.5, 0.6) is 0 Å². The van der Waals surface area contributed by atoms with E-state index in [0.717, 1.165) is 12.1 Å². The number of benzene rings is 1. The zero-order valence-electron chi connectivity index (χ0n) is 11.4. The summed E-state index contributed by atoms with van der Waals surface area (Å²) in [6.45, 7) is 6.78. The van der Waals surface area contributed by atoms with E-state index in [9.17, 15) is 10.1 Å². The molecular weight excluding hydrogens is 246 g/mol. The Hall–Kier alpha value is -1.66. The first-order valence-corrected chi connectivity index (χ1v) is 6.46. The van der Waals surface area contributed by atoms with E-state index >= 15 is 0 Å². The van der Waals surface area contributed by atoms with Crippen LogP contribution in [0.3, 0.4) is 0 Å². The second kappa shape index (κ2) is 7.70. The lowest BCUT2D eigenvalue weighted by Gasteiger charge is -2.19. The van der Waals surface area contributed by atoms with E-state index < -0.39 is 0 Å². The number of aliphatic hydroxyl groups is 1. The Morgan fingerprint density at radius 1 is 1.42 bits per heavy atom. The van der Waals surface area contributed by atoms with E-state index in [1.54, 1.807) is 6.07 Å². The van der Waals surface area contributed by atoms with Crippen LogP contribution in [-0.2, 0) is 6.54 Å². The third-order valence-electron chi connectivity index (χ3n) is 2.89. The van der Waals surface area contributed by atoms with Crippen molar-refractivity contribution in [2.45, 2.75) is 20.4 Å². The van der Waals surface area contributed by atoms with Gasteiger partial charge in [-0.25, -0.2) is 0 Å². The lowest BCUT2D eigenvalue weighted by Crippen LogP contribution is -2.26. The number of hydrogen-bond donors (Lipinski definition) is 2. The number of nitrogens with zero attached hydrogens (tertiary/aromatic N) is 2. The molecule has 0 saturated heterocycles. The van der Waals surface area contributed by atoms with Crippen LogP contribution in [0.15, 0.2) is 18.2 Å². The molecule has 0 spiro atoms. The topological polar surface area (TPSA) is 78.6 Å². The fourth-order valence-corrected chi connectivity index (χ4v) is 1.92. The highest BCUT2D eigenvalue weighted by Gasteiger charge is 2.14. The number of rotatable bonds is 8. The molecule has 0 aliphatic rings. The Bertz CT molecular complexity index is 424. The lowest BCUT2D eigenvalue weighted by atomic mass is 10.1. The van der Waals surface area contributed by atoms with Crippen molar-refractivity contribution in [3.8, 4) is 0 Å². The highest BCUT2D eigenvalue weighted by atomic mass is 16.6. The maximum atomic E-state index is 10.9. The number of nitro benzene ring substituents is 1. The van der Waals surface area contributed by atoms with E-state index in [2.05, 4.69) is 10.2 Å². The van der Waals surface area contributed by atoms with Gasteiger partial charge in [-0.2, -0.15) is 0 Å². The zero-order chi connectivity index (χ0) is 14.3. The van der Waals surface area contributed by atoms with E-state index in [1.165, 1.54) is 6.07 Å². The van der Waals surface area contributed by atoms with Crippen LogP contribution in [0.25, 0.3) is 0 Å². The second-order valence-electron chi connectivity index (χ2n) is 4.23. The summed E-state index contributed by atoms with van der Waals surface area (Å²) in [4.78, 5) is 12.6. The average molecular weight is 267 g/mol. The molecular formula is C13H21N3O3. The summed E-state index contributed by atoms with van der Waals surface area (Å²) in [6, 6.07) is 5.10. The van der Waals surface area contributed by atoms with E-state index in [0.29, 0.717) is 25.3 Å². The molecule has 0 fully saturated rings. The van der Waals surface area contributed by atoms with Crippen LogP contribution >= 0.6 is 0 Å². The zero-order valence-corrected chi connectivity index (χ0v) is 11.4. The molecule has 0 heterocycles. The van der Waals surface area contributed by atoms with Gasteiger partial charge in [-0.1, -0.05) is 13.0 Å². The van der Waals surface area contributed by atoms with Crippen molar-refractivity contribution in [3.05, 3.63) is 33.9 Å². The monoisotopic (exact) mass is 267 g/mol. The number of nitro groups is 1. The SMILES string of the molecule is CCNc1cc(CN(CC)CCO)ccc1[N+](=O)[O-]. The molecule has 1 rings (SSSR count). The first-order valence-electron chi connectivity index (χ1n) is 6.46. The number of hydrogen-bond acceptors (Lipinski definition) is 5. The van der Waals surface area contributed by atoms with Crippen molar-refractivity contribution in [3.63, 3.8) is 0 Å². The molecule has 0 saturated carbocycles. The van der Waals surface area contributed by atoms with Gasteiger partial charge in [-0.15, -0.1) is 0 Å². The summed E-state index contributed by atoms with van der Waals surface area (Å²) in [5.41, 5.74) is 1.64. The summed E-state index contributed by atoms with van der Waals surface area (Å²) in [7, 11) is 0. The maximum Gasteiger partial charge on any atom is 0.292 e. The standard InChI is InChI=1S/C13H21N3O3/c1-3-14-12-9-11(5-6-13(12)16(18)19)10-15(4-2)7-8-17/h5-6,9,14,17H,3-4,7-8,10H2,1-2H3. The molecule has 0 bridgehead atoms. The largest absolute Gasteiger partial charge is 0.395 e. The van der Waals surface area contributed by atoms with Gasteiger partial charge in [0.1, 0.15) is 5.69 Å². The summed E-state index contributed by atoms with van der Waals surface area (Å²) >= 11 is 0. The highest BCUT2D eigenvalue weighted by molar-refractivity contribution is 5.62. The molecule has 0 atom stereocenters. The van der Waals surface area contributed by atoms with Gasteiger partial charge in [0.05, 0.1) is 11.5 Å². The van der Waals surface area contributed by atoms with E-state index in [-0.39, 0.29) is 17.2 Å². The van der Waals surface area contributed by atoms with Gasteiger partial charge < -0.3 is 10.4 Å². The fraction of sp³-hybridized carbons (Fsp3) is 0.538. The third-order valence-corrected chi connectivity index (χ3v) is 2.89. The first-order chi connectivity index (χ1) is 9.12. The summed E-state index contributed by atoms with van der Waals surface area (Å²) in [5, 5.41) is 22.9. The molecule has 6 heteroatoms. The van der Waals surface area contributed by atoms with Gasteiger partial charge in [0, 0.05) is 25.7 Å². The Morgan fingerprint density at radius 2 is 2.16 bits per heavy atom. The van der Waals surface area contributed by atoms with Gasteiger partial charge in [0.2, 0.25) is 0 Å². The third kappa shape index (κ3) is 4.50. The fourth-order valence-electron chi connectivity index (χ4n) is 1.92. The molecule has 0 aliphatic heterocycles. The Kier molecular flexibility index (Phi) is 6.24. The van der Waals surface area contributed by atoms with Crippen LogP contribution in [0.4, 0.5) is 11.4 Å². The molecule has 1 aromatic rings. The van der Waals surface area contributed by atoms with Gasteiger partial charge in [0.25, 0.3) is 5.69 Å². The minimum Gasteiger partial charge on any atom is -0.395 e. The smallest absolute Gasteiger partial charge is 0.292 e. The molecule has 106 valence electrons. The molecule has 19 heavy (non-hydrogen) atoms. The molecule has 0 aromatic heterocycles. The van der Waals surface area contributed by atoms with Gasteiger partial charge in [-0.3, -0.25) is 15.0 Å². The summed E-state index contributed by atoms with van der Waals surface area (Å²) in [5.74, 6) is 0. The van der Waals surface area contributed by atoms with Crippen LogP contribution in [0.1, 0.15) is 19.4 Å². The molecule has 2 N–H and O–H groups in total. The lowest BCUT2D eigenvalue weighted by molar-refractivity contribution is -0.384. The number of aliphatic hydroxyl groups excluding tert-OH is 1. The number of nitrogens with one attached hydrogen (secondary N) is 1. The first kappa shape index (κ1) is 15.4. The Balaban J connectivity index is 2.91. The minimum absolute atomic E-state index is 0.0933. The van der Waals surface area contributed by atoms with Crippen molar-refractivity contribution in [2.24, 2.45) is 0 Å². The second-order valence-corrected chi connectivity index (χ2v) is 4.23. The van der Waals surface area contributed by atoms with Crippen molar-refractivity contribution < 1.29 is 10.0 Å². The molecule has 0 unspecified atom stereocenters. The predicted molar refractivity (Wildman–Crippen MR) is 75.3 cm³/mol. The van der Waals surface area contributed by atoms with Crippen LogP contribution < -0.4 is 5.32 Å². The quantitative estimate of drug-likeness (QED) is 0.555. The predicted octanol–water partition coefficient (Wildman–Crippen LogP) is 1.84. The van der Waals surface area contributed by atoms with Crippen LogP contribution in [0.2, 0.25) is 0 Å². The Morgan fingerprint density at radius 3 is 2.68 bits per heavy atom. The van der Waals surface area contributed by atoms with Gasteiger partial charge in [-0.05, 0) is 25.1 Å². The summed E-state index contributed by atoms with van der Waals surface area (Å²) in [6.07, 6.45) is 0. The molecule has 0 aliphatic carbocycles.